The molecule has 7 heteroatoms. The highest BCUT2D eigenvalue weighted by Gasteiger charge is 2.17. The number of fused-ring (bicyclic) bond motifs is 2. The van der Waals surface area contributed by atoms with Crippen molar-refractivity contribution in [3.8, 4) is 22.5 Å². The third-order valence-corrected chi connectivity index (χ3v) is 5.44. The summed E-state index contributed by atoms with van der Waals surface area (Å²) in [4.78, 5) is 12.5. The Bertz CT molecular complexity index is 1130. The van der Waals surface area contributed by atoms with Crippen LogP contribution in [0.5, 0.6) is 0 Å². The van der Waals surface area contributed by atoms with Crippen LogP contribution in [0.25, 0.3) is 33.7 Å². The van der Waals surface area contributed by atoms with Gasteiger partial charge in [0.25, 0.3) is 0 Å². The molecule has 0 radical (unpaired) electrons. The molecule has 0 aliphatic heterocycles. The predicted molar refractivity (Wildman–Crippen MR) is 113 cm³/mol. The summed E-state index contributed by atoms with van der Waals surface area (Å²) in [5.41, 5.74) is 13.9. The van der Waals surface area contributed by atoms with E-state index >= 15 is 0 Å². The van der Waals surface area contributed by atoms with Crippen molar-refractivity contribution in [2.24, 2.45) is 12.8 Å². The summed E-state index contributed by atoms with van der Waals surface area (Å²) >= 11 is 0. The van der Waals surface area contributed by atoms with E-state index in [1.807, 2.05) is 25.5 Å². The van der Waals surface area contributed by atoms with Crippen molar-refractivity contribution in [1.82, 2.24) is 24.7 Å². The van der Waals surface area contributed by atoms with Crippen molar-refractivity contribution in [2.45, 2.75) is 31.7 Å². The lowest BCUT2D eigenvalue weighted by Crippen LogP contribution is -2.10. The van der Waals surface area contributed by atoms with Crippen LogP contribution in [-0.4, -0.2) is 24.7 Å². The number of rotatable bonds is 2. The number of imidazole rings is 1. The van der Waals surface area contributed by atoms with Gasteiger partial charge in [-0.2, -0.15) is 5.10 Å². The molecule has 1 unspecified atom stereocenters. The number of aryl methyl sites for hydroxylation is 2. The minimum absolute atomic E-state index is 0. The van der Waals surface area contributed by atoms with Gasteiger partial charge in [0, 0.05) is 31.0 Å². The predicted octanol–water partition coefficient (Wildman–Crippen LogP) is 4.17. The van der Waals surface area contributed by atoms with Crippen LogP contribution in [0, 0.1) is 0 Å². The lowest BCUT2D eigenvalue weighted by molar-refractivity contribution is 0.615. The summed E-state index contributed by atoms with van der Waals surface area (Å²) in [5.74, 6) is 0.787. The number of hydrogen-bond acceptors (Lipinski definition) is 4. The van der Waals surface area contributed by atoms with E-state index in [1.54, 1.807) is 10.9 Å². The van der Waals surface area contributed by atoms with E-state index < -0.39 is 0 Å². The molecule has 1 aromatic carbocycles. The molecule has 6 nitrogen and oxygen atoms in total. The molecule has 0 saturated heterocycles. The number of benzene rings is 1. The maximum atomic E-state index is 6.36. The maximum Gasteiger partial charge on any atom is 0.178 e. The molecule has 0 fully saturated rings. The largest absolute Gasteiger partial charge is 0.336 e. The van der Waals surface area contributed by atoms with Crippen molar-refractivity contribution >= 4 is 23.6 Å². The normalized spacial score (nSPS) is 16.4. The SMILES string of the molecule is Cl.Cn1cc(-c2nc3nccc(-c4ccc5c(c4)CCCCC5N)c3[nH]2)cn1. The van der Waals surface area contributed by atoms with E-state index in [2.05, 4.69) is 38.2 Å². The van der Waals surface area contributed by atoms with E-state index in [9.17, 15) is 0 Å². The number of aromatic nitrogens is 5. The maximum absolute atomic E-state index is 6.36. The Morgan fingerprint density at radius 3 is 2.89 bits per heavy atom. The van der Waals surface area contributed by atoms with Gasteiger partial charge < -0.3 is 10.7 Å². The lowest BCUT2D eigenvalue weighted by atomic mass is 9.94. The number of halogens is 1. The average molecular weight is 395 g/mol. The van der Waals surface area contributed by atoms with Crippen molar-refractivity contribution in [3.05, 3.63) is 54.0 Å². The molecule has 144 valence electrons. The fourth-order valence-corrected chi connectivity index (χ4v) is 4.02. The summed E-state index contributed by atoms with van der Waals surface area (Å²) < 4.78 is 1.77. The molecule has 0 amide bonds. The third kappa shape index (κ3) is 3.19. The molecule has 1 atom stereocenters. The highest BCUT2D eigenvalue weighted by atomic mass is 35.5. The van der Waals surface area contributed by atoms with E-state index in [-0.39, 0.29) is 18.4 Å². The zero-order valence-electron chi connectivity index (χ0n) is 15.7. The fraction of sp³-hybridized carbons (Fsp3) is 0.286. The molecular formula is C21H23ClN6. The smallest absolute Gasteiger partial charge is 0.178 e. The molecule has 0 spiro atoms. The first-order chi connectivity index (χ1) is 13.2. The summed E-state index contributed by atoms with van der Waals surface area (Å²) in [6, 6.07) is 8.86. The minimum atomic E-state index is 0. The van der Waals surface area contributed by atoms with Crippen molar-refractivity contribution in [2.75, 3.05) is 0 Å². The average Bonchev–Trinajstić information content (AvgIpc) is 3.26. The van der Waals surface area contributed by atoms with Crippen LogP contribution in [0.1, 0.15) is 36.4 Å². The molecule has 3 aromatic heterocycles. The Kier molecular flexibility index (Phi) is 4.91. The molecule has 1 aliphatic carbocycles. The van der Waals surface area contributed by atoms with Gasteiger partial charge in [0.1, 0.15) is 5.82 Å². The molecule has 4 aromatic rings. The monoisotopic (exact) mass is 394 g/mol. The van der Waals surface area contributed by atoms with E-state index in [0.717, 1.165) is 41.0 Å². The van der Waals surface area contributed by atoms with Crippen molar-refractivity contribution < 1.29 is 0 Å². The zero-order chi connectivity index (χ0) is 18.4. The van der Waals surface area contributed by atoms with Gasteiger partial charge in [-0.1, -0.05) is 24.6 Å². The van der Waals surface area contributed by atoms with Crippen LogP contribution >= 0.6 is 12.4 Å². The number of pyridine rings is 1. The van der Waals surface area contributed by atoms with Gasteiger partial charge in [0.05, 0.1) is 17.3 Å². The van der Waals surface area contributed by atoms with Gasteiger partial charge in [0.2, 0.25) is 0 Å². The van der Waals surface area contributed by atoms with Crippen LogP contribution in [0.4, 0.5) is 0 Å². The fourth-order valence-electron chi connectivity index (χ4n) is 4.02. The Morgan fingerprint density at radius 2 is 2.07 bits per heavy atom. The topological polar surface area (TPSA) is 85.4 Å². The quantitative estimate of drug-likeness (QED) is 0.499. The highest BCUT2D eigenvalue weighted by molar-refractivity contribution is 5.91. The summed E-state index contributed by atoms with van der Waals surface area (Å²) in [7, 11) is 1.90. The zero-order valence-corrected chi connectivity index (χ0v) is 16.5. The van der Waals surface area contributed by atoms with E-state index in [4.69, 9.17) is 5.73 Å². The van der Waals surface area contributed by atoms with Crippen molar-refractivity contribution in [1.29, 1.82) is 0 Å². The van der Waals surface area contributed by atoms with Crippen LogP contribution in [0.2, 0.25) is 0 Å². The summed E-state index contributed by atoms with van der Waals surface area (Å²) in [5, 5.41) is 4.23. The van der Waals surface area contributed by atoms with Crippen LogP contribution < -0.4 is 5.73 Å². The van der Waals surface area contributed by atoms with Gasteiger partial charge >= 0.3 is 0 Å². The van der Waals surface area contributed by atoms with Gasteiger partial charge in [-0.05, 0) is 42.0 Å². The first-order valence-electron chi connectivity index (χ1n) is 9.41. The summed E-state index contributed by atoms with van der Waals surface area (Å²) in [6.45, 7) is 0. The van der Waals surface area contributed by atoms with Crippen molar-refractivity contribution in [3.63, 3.8) is 0 Å². The molecule has 28 heavy (non-hydrogen) atoms. The molecule has 1 aliphatic rings. The van der Waals surface area contributed by atoms with E-state index in [0.29, 0.717) is 0 Å². The minimum Gasteiger partial charge on any atom is -0.336 e. The standard InChI is InChI=1S/C21H22N6.ClH/c1-27-12-15(11-24-27)20-25-19-17(8-9-23-21(19)26-20)14-6-7-16-13(10-14)4-2-3-5-18(16)22;/h6-12,18H,2-5,22H2,1H3,(H,23,25,26);1H. The molecule has 3 heterocycles. The van der Waals surface area contributed by atoms with Crippen LogP contribution in [0.15, 0.2) is 42.9 Å². The van der Waals surface area contributed by atoms with Gasteiger partial charge in [-0.15, -0.1) is 12.4 Å². The molecule has 0 bridgehead atoms. The number of nitrogens with two attached hydrogens (primary N) is 1. The van der Waals surface area contributed by atoms with E-state index in [1.165, 1.54) is 29.5 Å². The molecule has 0 saturated carbocycles. The molecular weight excluding hydrogens is 372 g/mol. The second kappa shape index (κ2) is 7.37. The summed E-state index contributed by atoms with van der Waals surface area (Å²) in [6.07, 6.45) is 10.1. The van der Waals surface area contributed by atoms with Gasteiger partial charge in [-0.25, -0.2) is 9.97 Å². The highest BCUT2D eigenvalue weighted by Crippen LogP contribution is 2.33. The molecule has 5 rings (SSSR count). The third-order valence-electron chi connectivity index (χ3n) is 5.44. The Hall–Kier alpha value is -2.70. The Balaban J connectivity index is 0.00000192. The van der Waals surface area contributed by atoms with Crippen LogP contribution in [-0.2, 0) is 13.5 Å². The van der Waals surface area contributed by atoms with Gasteiger partial charge in [0.15, 0.2) is 5.65 Å². The Labute approximate surface area is 169 Å². The number of hydrogen-bond donors (Lipinski definition) is 2. The van der Waals surface area contributed by atoms with Crippen LogP contribution in [0.3, 0.4) is 0 Å². The Morgan fingerprint density at radius 1 is 1.18 bits per heavy atom. The number of aromatic amines is 1. The first-order valence-corrected chi connectivity index (χ1v) is 9.41. The second-order valence-electron chi connectivity index (χ2n) is 7.31. The second-order valence-corrected chi connectivity index (χ2v) is 7.31. The first kappa shape index (κ1) is 18.7. The number of H-pyrrole nitrogens is 1. The molecule has 3 N–H and O–H groups in total. The van der Waals surface area contributed by atoms with Gasteiger partial charge in [-0.3, -0.25) is 4.68 Å². The number of nitrogens with one attached hydrogen (secondary N) is 1. The number of nitrogens with zero attached hydrogens (tertiary/aromatic N) is 4. The lowest BCUT2D eigenvalue weighted by Gasteiger charge is -2.14.